The predicted octanol–water partition coefficient (Wildman–Crippen LogP) is 3.67. The first-order valence-corrected chi connectivity index (χ1v) is 8.18. The summed E-state index contributed by atoms with van der Waals surface area (Å²) in [6, 6.07) is 1.54. The molecule has 1 aromatic heterocycles. The molecule has 20 heavy (non-hydrogen) atoms. The minimum atomic E-state index is -0.832. The van der Waals surface area contributed by atoms with Gasteiger partial charge < -0.3 is 10.0 Å². The molecule has 0 saturated carbocycles. The molecule has 2 unspecified atom stereocenters. The maximum Gasteiger partial charge on any atom is 0.308 e. The smallest absolute Gasteiger partial charge is 0.308 e. The number of carbonyl (C=O) groups is 2. The Morgan fingerprint density at radius 3 is 2.60 bits per heavy atom. The number of piperidine rings is 1. The van der Waals surface area contributed by atoms with Gasteiger partial charge in [0, 0.05) is 26.7 Å². The molecule has 0 aliphatic carbocycles. The molecule has 1 aliphatic rings. The van der Waals surface area contributed by atoms with Crippen molar-refractivity contribution in [2.45, 2.75) is 45.2 Å². The molecule has 2 rings (SSSR count). The number of carboxylic acids is 1. The van der Waals surface area contributed by atoms with Crippen molar-refractivity contribution in [3.63, 3.8) is 0 Å². The first-order chi connectivity index (χ1) is 9.21. The Morgan fingerprint density at radius 2 is 2.15 bits per heavy atom. The average molecular weight is 360 g/mol. The Labute approximate surface area is 130 Å². The third-order valence-corrected chi connectivity index (χ3v) is 5.28. The fraction of sp³-hybridized carbons (Fsp3) is 0.571. The Hall–Kier alpha value is -0.880. The summed E-state index contributed by atoms with van der Waals surface area (Å²) < 4.78 is 0.925. The zero-order valence-corrected chi connectivity index (χ0v) is 14.1. The van der Waals surface area contributed by atoms with Gasteiger partial charge in [0.15, 0.2) is 0 Å². The number of carboxylic acid groups (broad SMARTS) is 1. The van der Waals surface area contributed by atoms with Crippen molar-refractivity contribution in [3.8, 4) is 0 Å². The molecule has 1 N–H and O–H groups in total. The maximum atomic E-state index is 12.3. The van der Waals surface area contributed by atoms with Crippen molar-refractivity contribution < 1.29 is 14.7 Å². The summed E-state index contributed by atoms with van der Waals surface area (Å²) in [6.45, 7) is 5.85. The van der Waals surface area contributed by atoms with Crippen LogP contribution in [0, 0.1) is 5.92 Å². The normalized spacial score (nSPS) is 24.0. The van der Waals surface area contributed by atoms with E-state index in [4.69, 9.17) is 0 Å². The summed E-state index contributed by atoms with van der Waals surface area (Å²) >= 11 is 4.90. The summed E-state index contributed by atoms with van der Waals surface area (Å²) in [6.07, 6.45) is 0.707. The van der Waals surface area contributed by atoms with Crippen LogP contribution in [0.4, 0.5) is 0 Å². The van der Waals surface area contributed by atoms with Crippen LogP contribution >= 0.6 is 27.3 Å². The third kappa shape index (κ3) is 2.91. The Kier molecular flexibility index (Phi) is 4.25. The molecule has 0 aromatic carbocycles. The summed E-state index contributed by atoms with van der Waals surface area (Å²) in [4.78, 5) is 26.6. The molecule has 1 aliphatic heterocycles. The second-order valence-electron chi connectivity index (χ2n) is 6.03. The SMILES string of the molecule is CC(C)(C)N1C(=O)CCC(C(=O)O)C1c1cc(Br)cs1. The molecule has 0 bridgehead atoms. The van der Waals surface area contributed by atoms with Gasteiger partial charge in [-0.2, -0.15) is 0 Å². The molecule has 110 valence electrons. The van der Waals surface area contributed by atoms with Crippen LogP contribution in [0.25, 0.3) is 0 Å². The fourth-order valence-corrected chi connectivity index (χ4v) is 4.35. The Balaban J connectivity index is 2.50. The second-order valence-corrected chi connectivity index (χ2v) is 7.89. The average Bonchev–Trinajstić information content (AvgIpc) is 2.73. The lowest BCUT2D eigenvalue weighted by Crippen LogP contribution is -2.53. The standard InChI is InChI=1S/C14H18BrNO3S/c1-14(2,3)16-11(17)5-4-9(13(18)19)12(16)10-6-8(15)7-20-10/h6-7,9,12H,4-5H2,1-3H3,(H,18,19). The van der Waals surface area contributed by atoms with Gasteiger partial charge in [-0.05, 0) is 49.2 Å². The van der Waals surface area contributed by atoms with Crippen molar-refractivity contribution >= 4 is 39.1 Å². The van der Waals surface area contributed by atoms with Crippen LogP contribution in [0.3, 0.4) is 0 Å². The van der Waals surface area contributed by atoms with Crippen LogP contribution in [0.5, 0.6) is 0 Å². The van der Waals surface area contributed by atoms with E-state index in [1.807, 2.05) is 32.2 Å². The number of amides is 1. The lowest BCUT2D eigenvalue weighted by atomic mass is 9.84. The quantitative estimate of drug-likeness (QED) is 0.876. The van der Waals surface area contributed by atoms with E-state index >= 15 is 0 Å². The molecule has 1 aromatic rings. The second kappa shape index (κ2) is 5.48. The van der Waals surface area contributed by atoms with Gasteiger partial charge in [0.25, 0.3) is 0 Å². The van der Waals surface area contributed by atoms with Gasteiger partial charge in [0.05, 0.1) is 12.0 Å². The number of likely N-dealkylation sites (tertiary alicyclic amines) is 1. The molecule has 0 radical (unpaired) electrons. The number of thiophene rings is 1. The van der Waals surface area contributed by atoms with Gasteiger partial charge in [-0.3, -0.25) is 9.59 Å². The van der Waals surface area contributed by atoms with E-state index < -0.39 is 17.4 Å². The summed E-state index contributed by atoms with van der Waals surface area (Å²) in [7, 11) is 0. The zero-order valence-electron chi connectivity index (χ0n) is 11.7. The highest BCUT2D eigenvalue weighted by Gasteiger charge is 2.45. The number of nitrogens with zero attached hydrogens (tertiary/aromatic N) is 1. The van der Waals surface area contributed by atoms with Crippen LogP contribution in [-0.4, -0.2) is 27.4 Å². The van der Waals surface area contributed by atoms with E-state index in [0.717, 1.165) is 9.35 Å². The van der Waals surface area contributed by atoms with Crippen molar-refractivity contribution in [1.82, 2.24) is 4.90 Å². The molecular weight excluding hydrogens is 342 g/mol. The van der Waals surface area contributed by atoms with Crippen LogP contribution in [0.15, 0.2) is 15.9 Å². The van der Waals surface area contributed by atoms with Crippen LogP contribution in [-0.2, 0) is 9.59 Å². The molecule has 0 spiro atoms. The first kappa shape index (κ1) is 15.5. The molecule has 4 nitrogen and oxygen atoms in total. The molecule has 2 atom stereocenters. The monoisotopic (exact) mass is 359 g/mol. The highest BCUT2D eigenvalue weighted by atomic mass is 79.9. The molecule has 1 saturated heterocycles. The first-order valence-electron chi connectivity index (χ1n) is 6.50. The number of rotatable bonds is 2. The van der Waals surface area contributed by atoms with E-state index in [9.17, 15) is 14.7 Å². The van der Waals surface area contributed by atoms with Crippen molar-refractivity contribution in [2.24, 2.45) is 5.92 Å². The Morgan fingerprint density at radius 1 is 1.50 bits per heavy atom. The number of hydrogen-bond donors (Lipinski definition) is 1. The van der Waals surface area contributed by atoms with Crippen molar-refractivity contribution in [3.05, 3.63) is 20.8 Å². The van der Waals surface area contributed by atoms with E-state index in [1.54, 1.807) is 4.90 Å². The molecular formula is C14H18BrNO3S. The minimum Gasteiger partial charge on any atom is -0.481 e. The Bertz CT molecular complexity index is 535. The lowest BCUT2D eigenvalue weighted by molar-refractivity contribution is -0.156. The van der Waals surface area contributed by atoms with Gasteiger partial charge >= 0.3 is 5.97 Å². The van der Waals surface area contributed by atoms with Crippen LogP contribution in [0.2, 0.25) is 0 Å². The molecule has 1 fully saturated rings. The molecule has 2 heterocycles. The van der Waals surface area contributed by atoms with Gasteiger partial charge in [-0.15, -0.1) is 11.3 Å². The van der Waals surface area contributed by atoms with Gasteiger partial charge in [0.1, 0.15) is 0 Å². The van der Waals surface area contributed by atoms with E-state index in [1.165, 1.54) is 11.3 Å². The number of hydrogen-bond acceptors (Lipinski definition) is 3. The van der Waals surface area contributed by atoms with Gasteiger partial charge in [-0.1, -0.05) is 0 Å². The van der Waals surface area contributed by atoms with E-state index in [0.29, 0.717) is 12.8 Å². The van der Waals surface area contributed by atoms with E-state index in [2.05, 4.69) is 15.9 Å². The van der Waals surface area contributed by atoms with Crippen LogP contribution in [0.1, 0.15) is 44.5 Å². The summed E-state index contributed by atoms with van der Waals surface area (Å²) in [5.74, 6) is -1.34. The van der Waals surface area contributed by atoms with Gasteiger partial charge in [-0.25, -0.2) is 0 Å². The fourth-order valence-electron chi connectivity index (χ4n) is 2.75. The summed E-state index contributed by atoms with van der Waals surface area (Å²) in [5.41, 5.74) is -0.396. The molecule has 1 amide bonds. The van der Waals surface area contributed by atoms with Crippen molar-refractivity contribution in [1.29, 1.82) is 0 Å². The zero-order chi connectivity index (χ0) is 15.1. The van der Waals surface area contributed by atoms with Gasteiger partial charge in [0.2, 0.25) is 5.91 Å². The largest absolute Gasteiger partial charge is 0.481 e. The van der Waals surface area contributed by atoms with Crippen LogP contribution < -0.4 is 0 Å². The number of aliphatic carboxylic acids is 1. The summed E-state index contributed by atoms with van der Waals surface area (Å²) in [5, 5.41) is 11.4. The minimum absolute atomic E-state index is 0.0320. The topological polar surface area (TPSA) is 57.6 Å². The number of carbonyl (C=O) groups excluding carboxylic acids is 1. The lowest BCUT2D eigenvalue weighted by Gasteiger charge is -2.46. The van der Waals surface area contributed by atoms with Crippen molar-refractivity contribution in [2.75, 3.05) is 0 Å². The molecule has 6 heteroatoms. The highest BCUT2D eigenvalue weighted by Crippen LogP contribution is 2.43. The van der Waals surface area contributed by atoms with E-state index in [-0.39, 0.29) is 11.9 Å². The number of halogens is 1. The third-order valence-electron chi connectivity index (χ3n) is 3.52. The highest BCUT2D eigenvalue weighted by molar-refractivity contribution is 9.10. The maximum absolute atomic E-state index is 12.3. The predicted molar refractivity (Wildman–Crippen MR) is 81.7 cm³/mol.